The molecule has 1 saturated heterocycles. The van der Waals surface area contributed by atoms with E-state index in [1.807, 2.05) is 0 Å². The number of aromatic nitrogens is 2. The molecule has 194 valence electrons. The first-order chi connectivity index (χ1) is 17.7. The van der Waals surface area contributed by atoms with E-state index in [1.165, 1.54) is 18.3 Å². The highest BCUT2D eigenvalue weighted by Crippen LogP contribution is 2.41. The summed E-state index contributed by atoms with van der Waals surface area (Å²) in [5, 5.41) is 21.2. The fraction of sp³-hybridized carbons (Fsp3) is 0.320. The first-order valence-corrected chi connectivity index (χ1v) is 11.6. The largest absolute Gasteiger partial charge is 0.475 e. The summed E-state index contributed by atoms with van der Waals surface area (Å²) in [4.78, 5) is 25.8. The molecule has 2 aromatic heterocycles. The minimum absolute atomic E-state index is 0.154. The number of nitrogens with zero attached hydrogens (tertiary/aromatic N) is 4. The highest BCUT2D eigenvalue weighted by molar-refractivity contribution is 6.04. The van der Waals surface area contributed by atoms with Crippen molar-refractivity contribution in [2.24, 2.45) is 0 Å². The van der Waals surface area contributed by atoms with E-state index in [9.17, 15) is 23.1 Å². The standard InChI is InChI=1S/C25H24F3N5O4/c26-25(27,28)16-3-1-2-15(10-16)20-4-5-21-23(31-20)33(18-7-9-32(21)12-18)24(36)30-17-6-8-29-22(11-17)37-14-19(35)13-34/h1-6,8,10-11,18-19,34-35H,7,9,12-14H2,(H,29,30,36)/t18-,19-/m0/s1. The van der Waals surface area contributed by atoms with E-state index in [4.69, 9.17) is 9.84 Å². The first-order valence-electron chi connectivity index (χ1n) is 11.6. The zero-order chi connectivity index (χ0) is 26.2. The molecule has 1 aromatic carbocycles. The average Bonchev–Trinajstić information content (AvgIpc) is 3.31. The maximum absolute atomic E-state index is 13.4. The van der Waals surface area contributed by atoms with Crippen molar-refractivity contribution in [2.75, 3.05) is 41.4 Å². The van der Waals surface area contributed by atoms with Crippen LogP contribution in [0.2, 0.25) is 0 Å². The lowest BCUT2D eigenvalue weighted by atomic mass is 10.1. The SMILES string of the molecule is O=C(Nc1ccnc(OC[C@@H](O)CO)c1)N1c2nc(-c3cccc(C(F)(F)F)c3)ccc2N2CC[C@H]1C2. The van der Waals surface area contributed by atoms with Gasteiger partial charge in [-0.05, 0) is 36.8 Å². The van der Waals surface area contributed by atoms with Gasteiger partial charge < -0.3 is 25.2 Å². The molecule has 0 unspecified atom stereocenters. The Balaban J connectivity index is 1.42. The molecule has 0 spiro atoms. The number of benzene rings is 1. The fourth-order valence-electron chi connectivity index (χ4n) is 4.47. The molecule has 2 atom stereocenters. The lowest BCUT2D eigenvalue weighted by Gasteiger charge is -2.36. The van der Waals surface area contributed by atoms with Crippen molar-refractivity contribution in [3.8, 4) is 17.1 Å². The number of pyridine rings is 2. The predicted octanol–water partition coefficient (Wildman–Crippen LogP) is 3.53. The van der Waals surface area contributed by atoms with Crippen LogP contribution in [0.3, 0.4) is 0 Å². The minimum atomic E-state index is -4.48. The molecule has 2 amide bonds. The number of urea groups is 1. The van der Waals surface area contributed by atoms with E-state index in [0.717, 1.165) is 24.4 Å². The van der Waals surface area contributed by atoms with Crippen molar-refractivity contribution in [1.29, 1.82) is 0 Å². The second kappa shape index (κ2) is 9.87. The third-order valence-electron chi connectivity index (χ3n) is 6.28. The van der Waals surface area contributed by atoms with Crippen LogP contribution in [0, 0.1) is 0 Å². The Morgan fingerprint density at radius 1 is 1.22 bits per heavy atom. The molecule has 3 aromatic rings. The molecule has 37 heavy (non-hydrogen) atoms. The van der Waals surface area contributed by atoms with Crippen LogP contribution in [0.15, 0.2) is 54.7 Å². The Hall–Kier alpha value is -3.90. The fourth-order valence-corrected chi connectivity index (χ4v) is 4.47. The summed E-state index contributed by atoms with van der Waals surface area (Å²) in [7, 11) is 0. The number of aliphatic hydroxyl groups is 2. The smallest absolute Gasteiger partial charge is 0.416 e. The summed E-state index contributed by atoms with van der Waals surface area (Å²) < 4.78 is 45.1. The van der Waals surface area contributed by atoms with Crippen molar-refractivity contribution < 1.29 is 32.9 Å². The number of nitrogens with one attached hydrogen (secondary N) is 1. The monoisotopic (exact) mass is 515 g/mol. The van der Waals surface area contributed by atoms with E-state index in [-0.39, 0.29) is 18.5 Å². The zero-order valence-electron chi connectivity index (χ0n) is 19.5. The number of carbonyl (C=O) groups is 1. The molecule has 0 aliphatic carbocycles. The maximum atomic E-state index is 13.4. The number of anilines is 3. The van der Waals surface area contributed by atoms with E-state index >= 15 is 0 Å². The molecule has 2 aliphatic rings. The molecular weight excluding hydrogens is 491 g/mol. The lowest BCUT2D eigenvalue weighted by molar-refractivity contribution is -0.137. The highest BCUT2D eigenvalue weighted by Gasteiger charge is 2.40. The van der Waals surface area contributed by atoms with Crippen molar-refractivity contribution in [3.05, 3.63) is 60.3 Å². The van der Waals surface area contributed by atoms with Crippen LogP contribution in [0.5, 0.6) is 5.88 Å². The van der Waals surface area contributed by atoms with Gasteiger partial charge in [-0.3, -0.25) is 4.90 Å². The van der Waals surface area contributed by atoms with Gasteiger partial charge in [0.25, 0.3) is 0 Å². The molecule has 2 bridgehead atoms. The van der Waals surface area contributed by atoms with E-state index in [0.29, 0.717) is 35.7 Å². The summed E-state index contributed by atoms with van der Waals surface area (Å²) in [6, 6.07) is 10.8. The molecule has 3 N–H and O–H groups in total. The molecule has 4 heterocycles. The minimum Gasteiger partial charge on any atom is -0.475 e. The Morgan fingerprint density at radius 2 is 2.05 bits per heavy atom. The number of aliphatic hydroxyl groups excluding tert-OH is 2. The second-order valence-electron chi connectivity index (χ2n) is 8.84. The Labute approximate surface area is 210 Å². The van der Waals surface area contributed by atoms with Crippen LogP contribution in [0.25, 0.3) is 11.3 Å². The van der Waals surface area contributed by atoms with E-state index in [1.54, 1.807) is 29.2 Å². The first kappa shape index (κ1) is 24.8. The number of hydrogen-bond donors (Lipinski definition) is 3. The lowest BCUT2D eigenvalue weighted by Crippen LogP contribution is -2.48. The number of halogens is 3. The van der Waals surface area contributed by atoms with Crippen LogP contribution in [0.1, 0.15) is 12.0 Å². The summed E-state index contributed by atoms with van der Waals surface area (Å²) >= 11 is 0. The third-order valence-corrected chi connectivity index (χ3v) is 6.28. The van der Waals surface area contributed by atoms with Gasteiger partial charge in [0.1, 0.15) is 12.7 Å². The zero-order valence-corrected chi connectivity index (χ0v) is 19.5. The second-order valence-corrected chi connectivity index (χ2v) is 8.84. The molecule has 12 heteroatoms. The Morgan fingerprint density at radius 3 is 2.84 bits per heavy atom. The molecule has 5 rings (SSSR count). The van der Waals surface area contributed by atoms with Gasteiger partial charge in [-0.2, -0.15) is 13.2 Å². The van der Waals surface area contributed by atoms with Crippen LogP contribution in [-0.2, 0) is 6.18 Å². The number of fused-ring (bicyclic) bond motifs is 4. The summed E-state index contributed by atoms with van der Waals surface area (Å²) in [6.45, 7) is 0.723. The van der Waals surface area contributed by atoms with Crippen molar-refractivity contribution in [1.82, 2.24) is 9.97 Å². The Kier molecular flexibility index (Phi) is 6.61. The number of ether oxygens (including phenoxy) is 1. The van der Waals surface area contributed by atoms with E-state index < -0.39 is 30.5 Å². The van der Waals surface area contributed by atoms with Gasteiger partial charge >= 0.3 is 12.2 Å². The molecule has 2 aliphatic heterocycles. The molecule has 0 radical (unpaired) electrons. The highest BCUT2D eigenvalue weighted by atomic mass is 19.4. The molecule has 1 fully saturated rings. The topological polar surface area (TPSA) is 111 Å². The number of carbonyl (C=O) groups excluding carboxylic acids is 1. The van der Waals surface area contributed by atoms with Gasteiger partial charge in [-0.15, -0.1) is 0 Å². The molecular formula is C25H24F3N5O4. The van der Waals surface area contributed by atoms with Gasteiger partial charge in [-0.1, -0.05) is 12.1 Å². The number of hydrogen-bond acceptors (Lipinski definition) is 7. The van der Waals surface area contributed by atoms with Crippen LogP contribution in [-0.4, -0.2) is 64.7 Å². The van der Waals surface area contributed by atoms with Gasteiger partial charge in [0.15, 0.2) is 5.82 Å². The summed E-state index contributed by atoms with van der Waals surface area (Å²) in [5.41, 5.74) is 0.977. The quantitative estimate of drug-likeness (QED) is 0.461. The molecule has 9 nitrogen and oxygen atoms in total. The molecule has 0 saturated carbocycles. The predicted molar refractivity (Wildman–Crippen MR) is 130 cm³/mol. The maximum Gasteiger partial charge on any atom is 0.416 e. The van der Waals surface area contributed by atoms with E-state index in [2.05, 4.69) is 20.2 Å². The van der Waals surface area contributed by atoms with Crippen LogP contribution < -0.4 is 19.9 Å². The van der Waals surface area contributed by atoms with Gasteiger partial charge in [0.05, 0.1) is 29.6 Å². The van der Waals surface area contributed by atoms with Crippen molar-refractivity contribution in [3.63, 3.8) is 0 Å². The van der Waals surface area contributed by atoms with Crippen LogP contribution in [0.4, 0.5) is 35.2 Å². The van der Waals surface area contributed by atoms with Crippen molar-refractivity contribution >= 4 is 23.2 Å². The summed E-state index contributed by atoms with van der Waals surface area (Å²) in [5.74, 6) is 0.527. The number of amides is 2. The van der Waals surface area contributed by atoms with Gasteiger partial charge in [-0.25, -0.2) is 14.8 Å². The third kappa shape index (κ3) is 5.16. The number of rotatable bonds is 6. The Bertz CT molecular complexity index is 1310. The van der Waals surface area contributed by atoms with Crippen LogP contribution >= 0.6 is 0 Å². The average molecular weight is 515 g/mol. The van der Waals surface area contributed by atoms with Gasteiger partial charge in [0.2, 0.25) is 5.88 Å². The summed E-state index contributed by atoms with van der Waals surface area (Å²) in [6.07, 6.45) is -3.40. The normalized spacial score (nSPS) is 17.4. The van der Waals surface area contributed by atoms with Gasteiger partial charge in [0, 0.05) is 36.6 Å². The van der Waals surface area contributed by atoms with Crippen molar-refractivity contribution in [2.45, 2.75) is 24.7 Å². The number of alkyl halides is 3.